The van der Waals surface area contributed by atoms with Gasteiger partial charge in [0.05, 0.1) is 24.5 Å². The van der Waals surface area contributed by atoms with Gasteiger partial charge >= 0.3 is 6.03 Å². The summed E-state index contributed by atoms with van der Waals surface area (Å²) in [5, 5.41) is 17.7. The van der Waals surface area contributed by atoms with Gasteiger partial charge in [-0.3, -0.25) is 14.5 Å². The molecule has 0 saturated heterocycles. The molecule has 50 heavy (non-hydrogen) atoms. The molecule has 13 nitrogen and oxygen atoms in total. The van der Waals surface area contributed by atoms with Crippen molar-refractivity contribution < 1.29 is 19.1 Å². The van der Waals surface area contributed by atoms with Crippen LogP contribution in [0, 0.1) is 0 Å². The van der Waals surface area contributed by atoms with E-state index in [0.29, 0.717) is 38.2 Å². The van der Waals surface area contributed by atoms with E-state index in [0.717, 1.165) is 41.3 Å². The molecular weight excluding hydrogens is 634 g/mol. The quantitative estimate of drug-likeness (QED) is 0.164. The number of likely N-dealkylation sites (N-methyl/N-ethyl adjacent to an activating group) is 1. The van der Waals surface area contributed by atoms with Crippen molar-refractivity contribution in [3.8, 4) is 5.75 Å². The first-order chi connectivity index (χ1) is 23.8. The summed E-state index contributed by atoms with van der Waals surface area (Å²) >= 11 is 0. The standard InChI is InChI=1S/C37H51N9O4/c1-9-37(5,6)34-44-43-31-17-14-24(23-46(31)34)50-28-16-15-27(25-12-10-11-13-26(25)28)39-35(48)42-30-22-29(36(2,3)4)40-32(41-30)33(47)38-18-19-45(7)20-21-49-8/h10-14,17,22-23,27-28H,9,15-16,18-21H2,1-8H3,(H,38,47)(H2,39,40,41,42,48)/t27-,28+/m0/s1. The minimum absolute atomic E-state index is 0.00492. The Morgan fingerprint density at radius 3 is 2.48 bits per heavy atom. The topological polar surface area (TPSA) is 148 Å². The number of urea groups is 1. The van der Waals surface area contributed by atoms with Gasteiger partial charge in [0.1, 0.15) is 23.5 Å². The van der Waals surface area contributed by atoms with Crippen LogP contribution in [0.3, 0.4) is 0 Å². The first-order valence-corrected chi connectivity index (χ1v) is 17.3. The molecule has 1 aliphatic carbocycles. The van der Waals surface area contributed by atoms with E-state index in [-0.39, 0.29) is 34.6 Å². The van der Waals surface area contributed by atoms with Crippen LogP contribution in [0.25, 0.3) is 5.65 Å². The lowest BCUT2D eigenvalue weighted by Gasteiger charge is -2.32. The summed E-state index contributed by atoms with van der Waals surface area (Å²) in [6, 6.07) is 12.9. The monoisotopic (exact) mass is 685 g/mol. The Balaban J connectivity index is 1.28. The second-order valence-corrected chi connectivity index (χ2v) is 14.6. The zero-order valence-electron chi connectivity index (χ0n) is 30.5. The Morgan fingerprint density at radius 1 is 1.00 bits per heavy atom. The fraction of sp³-hybridized carbons (Fsp3) is 0.514. The first-order valence-electron chi connectivity index (χ1n) is 17.3. The lowest BCUT2D eigenvalue weighted by Crippen LogP contribution is -2.37. The van der Waals surface area contributed by atoms with Crippen LogP contribution in [0.1, 0.15) is 106 Å². The van der Waals surface area contributed by atoms with Gasteiger partial charge in [-0.05, 0) is 49.6 Å². The average molecular weight is 686 g/mol. The van der Waals surface area contributed by atoms with Crippen molar-refractivity contribution in [2.45, 2.75) is 83.8 Å². The molecule has 4 aromatic rings. The van der Waals surface area contributed by atoms with Gasteiger partial charge in [-0.25, -0.2) is 14.8 Å². The summed E-state index contributed by atoms with van der Waals surface area (Å²) in [5.74, 6) is 1.48. The molecule has 0 bridgehead atoms. The van der Waals surface area contributed by atoms with Gasteiger partial charge in [0, 0.05) is 43.6 Å². The number of aromatic nitrogens is 5. The molecule has 0 radical (unpaired) electrons. The highest BCUT2D eigenvalue weighted by molar-refractivity contribution is 5.92. The first kappa shape index (κ1) is 36.7. The van der Waals surface area contributed by atoms with E-state index in [2.05, 4.69) is 67.9 Å². The Hall–Kier alpha value is -4.62. The van der Waals surface area contributed by atoms with E-state index in [9.17, 15) is 9.59 Å². The molecule has 3 amide bonds. The van der Waals surface area contributed by atoms with Gasteiger partial charge in [-0.1, -0.05) is 65.8 Å². The number of carbonyl (C=O) groups excluding carboxylic acids is 2. The molecule has 3 aromatic heterocycles. The molecule has 0 fully saturated rings. The molecule has 1 aliphatic rings. The fourth-order valence-corrected chi connectivity index (χ4v) is 5.85. The Morgan fingerprint density at radius 2 is 1.76 bits per heavy atom. The van der Waals surface area contributed by atoms with Crippen LogP contribution in [0.5, 0.6) is 5.75 Å². The van der Waals surface area contributed by atoms with Crippen molar-refractivity contribution in [2.24, 2.45) is 0 Å². The van der Waals surface area contributed by atoms with Crippen molar-refractivity contribution in [2.75, 3.05) is 45.7 Å². The fourth-order valence-electron chi connectivity index (χ4n) is 5.85. The lowest BCUT2D eigenvalue weighted by atomic mass is 9.85. The van der Waals surface area contributed by atoms with Gasteiger partial charge in [0.25, 0.3) is 5.91 Å². The second kappa shape index (κ2) is 15.5. The largest absolute Gasteiger partial charge is 0.484 e. The molecular formula is C37H51N9O4. The third-order valence-electron chi connectivity index (χ3n) is 9.28. The second-order valence-electron chi connectivity index (χ2n) is 14.6. The minimum atomic E-state index is -0.419. The SMILES string of the molecule is CCC(C)(C)c1nnc2ccc(O[C@@H]3CC[C@H](NC(=O)Nc4cc(C(C)(C)C)nc(C(=O)NCCN(C)CCOC)n4)c4ccccc43)cn12. The Bertz CT molecular complexity index is 1800. The molecule has 3 N–H and O–H groups in total. The molecule has 1 aromatic carbocycles. The molecule has 0 saturated carbocycles. The number of nitrogens with one attached hydrogen (secondary N) is 3. The maximum absolute atomic E-state index is 13.4. The van der Waals surface area contributed by atoms with Crippen molar-refractivity contribution in [3.63, 3.8) is 0 Å². The number of anilines is 1. The van der Waals surface area contributed by atoms with E-state index in [4.69, 9.17) is 9.47 Å². The van der Waals surface area contributed by atoms with Crippen molar-refractivity contribution in [1.29, 1.82) is 0 Å². The molecule has 0 unspecified atom stereocenters. The van der Waals surface area contributed by atoms with Crippen molar-refractivity contribution in [3.05, 3.63) is 77.1 Å². The molecule has 3 heterocycles. The smallest absolute Gasteiger partial charge is 0.320 e. The summed E-state index contributed by atoms with van der Waals surface area (Å²) in [5.41, 5.74) is 2.92. The van der Waals surface area contributed by atoms with Crippen LogP contribution in [0.2, 0.25) is 0 Å². The van der Waals surface area contributed by atoms with Gasteiger partial charge in [-0.15, -0.1) is 10.2 Å². The number of amides is 3. The van der Waals surface area contributed by atoms with E-state index >= 15 is 0 Å². The lowest BCUT2D eigenvalue weighted by molar-refractivity contribution is 0.0936. The predicted octanol–water partition coefficient (Wildman–Crippen LogP) is 5.59. The number of nitrogens with zero attached hydrogens (tertiary/aromatic N) is 6. The van der Waals surface area contributed by atoms with E-state index in [1.165, 1.54) is 0 Å². The maximum Gasteiger partial charge on any atom is 0.320 e. The zero-order valence-corrected chi connectivity index (χ0v) is 30.5. The van der Waals surface area contributed by atoms with E-state index in [1.54, 1.807) is 13.2 Å². The number of methoxy groups -OCH3 is 1. The maximum atomic E-state index is 13.4. The number of hydrogen-bond acceptors (Lipinski definition) is 9. The van der Waals surface area contributed by atoms with Crippen LogP contribution in [-0.4, -0.2) is 81.8 Å². The highest BCUT2D eigenvalue weighted by Gasteiger charge is 2.31. The molecule has 0 aliphatic heterocycles. The highest BCUT2D eigenvalue weighted by Crippen LogP contribution is 2.39. The van der Waals surface area contributed by atoms with Gasteiger partial charge < -0.3 is 25.0 Å². The highest BCUT2D eigenvalue weighted by atomic mass is 16.5. The normalized spacial score (nSPS) is 16.3. The van der Waals surface area contributed by atoms with E-state index < -0.39 is 11.9 Å². The van der Waals surface area contributed by atoms with Gasteiger partial charge in [-0.2, -0.15) is 0 Å². The summed E-state index contributed by atoms with van der Waals surface area (Å²) in [6.07, 6.45) is 4.06. The van der Waals surface area contributed by atoms with Crippen molar-refractivity contribution in [1.82, 2.24) is 40.1 Å². The number of rotatable bonds is 13. The number of carbonyl (C=O) groups is 2. The van der Waals surface area contributed by atoms with Crippen LogP contribution in [-0.2, 0) is 15.6 Å². The van der Waals surface area contributed by atoms with Gasteiger partial charge in [0.15, 0.2) is 5.65 Å². The Kier molecular flexibility index (Phi) is 11.4. The number of hydrogen-bond donors (Lipinski definition) is 3. The predicted molar refractivity (Wildman–Crippen MR) is 193 cm³/mol. The van der Waals surface area contributed by atoms with Crippen LogP contribution in [0.4, 0.5) is 10.6 Å². The molecule has 13 heteroatoms. The van der Waals surface area contributed by atoms with Crippen LogP contribution >= 0.6 is 0 Å². The molecule has 2 atom stereocenters. The molecule has 5 rings (SSSR count). The van der Waals surface area contributed by atoms with Crippen LogP contribution < -0.4 is 20.7 Å². The molecule has 268 valence electrons. The van der Waals surface area contributed by atoms with E-state index in [1.807, 2.05) is 68.7 Å². The third kappa shape index (κ3) is 8.75. The Labute approximate surface area is 294 Å². The summed E-state index contributed by atoms with van der Waals surface area (Å²) < 4.78 is 13.7. The van der Waals surface area contributed by atoms with Crippen molar-refractivity contribution >= 4 is 23.4 Å². The zero-order chi connectivity index (χ0) is 36.1. The van der Waals surface area contributed by atoms with Gasteiger partial charge in [0.2, 0.25) is 5.82 Å². The third-order valence-corrected chi connectivity index (χ3v) is 9.28. The summed E-state index contributed by atoms with van der Waals surface area (Å²) in [6.45, 7) is 14.9. The number of pyridine rings is 1. The van der Waals surface area contributed by atoms with Crippen LogP contribution in [0.15, 0.2) is 48.7 Å². The number of benzene rings is 1. The number of ether oxygens (including phenoxy) is 2. The molecule has 0 spiro atoms. The summed E-state index contributed by atoms with van der Waals surface area (Å²) in [4.78, 5) is 37.5. The minimum Gasteiger partial charge on any atom is -0.484 e. The summed E-state index contributed by atoms with van der Waals surface area (Å²) in [7, 11) is 3.62. The average Bonchev–Trinajstić information content (AvgIpc) is 3.52. The number of fused-ring (bicyclic) bond motifs is 2.